The Bertz CT molecular complexity index is 769. The molecule has 2 rings (SSSR count). The summed E-state index contributed by atoms with van der Waals surface area (Å²) in [6.45, 7) is 0.837. The number of aliphatic hydroxyl groups is 1. The number of hydrogen-bond donors (Lipinski definition) is 3. The van der Waals surface area contributed by atoms with Gasteiger partial charge in [-0.2, -0.15) is 0 Å². The molecule has 33 heavy (non-hydrogen) atoms. The van der Waals surface area contributed by atoms with Crippen LogP contribution >= 0.6 is 0 Å². The van der Waals surface area contributed by atoms with Gasteiger partial charge < -0.3 is 30.0 Å². The molecule has 1 aliphatic rings. The van der Waals surface area contributed by atoms with Crippen LogP contribution in [0, 0.1) is 5.92 Å². The van der Waals surface area contributed by atoms with E-state index >= 15 is 0 Å². The van der Waals surface area contributed by atoms with Crippen LogP contribution in [0.15, 0.2) is 42.5 Å². The van der Waals surface area contributed by atoms with E-state index in [0.29, 0.717) is 19.4 Å². The van der Waals surface area contributed by atoms with E-state index in [-0.39, 0.29) is 57.1 Å². The van der Waals surface area contributed by atoms with Crippen molar-refractivity contribution in [1.82, 2.24) is 10.6 Å². The monoisotopic (exact) mass is 462 g/mol. The lowest BCUT2D eigenvalue weighted by atomic mass is 9.96. The Balaban J connectivity index is 2.14. The van der Waals surface area contributed by atoms with Gasteiger partial charge in [0, 0.05) is 26.5 Å². The maximum atomic E-state index is 13.2. The van der Waals surface area contributed by atoms with Crippen LogP contribution in [0.1, 0.15) is 37.4 Å². The van der Waals surface area contributed by atoms with Gasteiger partial charge in [-0.25, -0.2) is 0 Å². The summed E-state index contributed by atoms with van der Waals surface area (Å²) in [6, 6.07) is 8.59. The smallest absolute Gasteiger partial charge is 0.306 e. The maximum absolute atomic E-state index is 13.2. The van der Waals surface area contributed by atoms with E-state index in [1.165, 1.54) is 7.11 Å². The average molecular weight is 463 g/mol. The van der Waals surface area contributed by atoms with Gasteiger partial charge in [-0.1, -0.05) is 42.5 Å². The molecule has 0 aliphatic carbocycles. The Hall–Kier alpha value is -2.75. The number of methoxy groups -OCH3 is 1. The van der Waals surface area contributed by atoms with Crippen LogP contribution < -0.4 is 10.6 Å². The molecule has 9 nitrogen and oxygen atoms in total. The molecule has 9 heteroatoms. The summed E-state index contributed by atoms with van der Waals surface area (Å²) in [5.74, 6) is -1.53. The number of aliphatic hydroxyl groups excluding tert-OH is 1. The number of carbonyl (C=O) groups excluding carboxylic acids is 3. The minimum Gasteiger partial charge on any atom is -0.455 e. The van der Waals surface area contributed by atoms with Gasteiger partial charge in [0.2, 0.25) is 11.8 Å². The van der Waals surface area contributed by atoms with E-state index in [0.717, 1.165) is 5.56 Å². The van der Waals surface area contributed by atoms with Gasteiger partial charge in [-0.15, -0.1) is 0 Å². The lowest BCUT2D eigenvalue weighted by molar-refractivity contribution is -0.153. The van der Waals surface area contributed by atoms with E-state index in [4.69, 9.17) is 19.3 Å². The van der Waals surface area contributed by atoms with Crippen LogP contribution in [-0.2, 0) is 28.6 Å². The number of cyclic esters (lactones) is 1. The highest BCUT2D eigenvalue weighted by Crippen LogP contribution is 2.24. The highest BCUT2D eigenvalue weighted by molar-refractivity contribution is 5.86. The van der Waals surface area contributed by atoms with Crippen molar-refractivity contribution in [3.63, 3.8) is 0 Å². The third-order valence-electron chi connectivity index (χ3n) is 5.14. The fourth-order valence-electron chi connectivity index (χ4n) is 3.50. The second kappa shape index (κ2) is 15.2. The number of amides is 2. The first kappa shape index (κ1) is 26.5. The van der Waals surface area contributed by atoms with Crippen molar-refractivity contribution < 1.29 is 33.7 Å². The highest BCUT2D eigenvalue weighted by Gasteiger charge is 2.31. The number of rotatable bonds is 10. The summed E-state index contributed by atoms with van der Waals surface area (Å²) in [5, 5.41) is 14.4. The van der Waals surface area contributed by atoms with Crippen LogP contribution in [0.2, 0.25) is 0 Å². The Morgan fingerprint density at radius 2 is 2.00 bits per heavy atom. The zero-order valence-corrected chi connectivity index (χ0v) is 19.0. The average Bonchev–Trinajstić information content (AvgIpc) is 2.81. The SMILES string of the molecule is COCC1NC(=O)C(CC(=O)NCCOCCO)CC=CCCC(=O)OC1c1ccccc1. The fourth-order valence-corrected chi connectivity index (χ4v) is 3.50. The maximum Gasteiger partial charge on any atom is 0.306 e. The molecule has 0 aromatic heterocycles. The lowest BCUT2D eigenvalue weighted by Crippen LogP contribution is -2.47. The molecule has 1 aromatic carbocycles. The third kappa shape index (κ3) is 9.73. The van der Waals surface area contributed by atoms with Crippen LogP contribution in [0.5, 0.6) is 0 Å². The molecule has 3 N–H and O–H groups in total. The molecular weight excluding hydrogens is 428 g/mol. The quantitative estimate of drug-likeness (QED) is 0.272. The molecule has 1 aliphatic heterocycles. The third-order valence-corrected chi connectivity index (χ3v) is 5.14. The largest absolute Gasteiger partial charge is 0.455 e. The van der Waals surface area contributed by atoms with E-state index in [2.05, 4.69) is 10.6 Å². The number of nitrogens with one attached hydrogen (secondary N) is 2. The van der Waals surface area contributed by atoms with Crippen LogP contribution in [0.3, 0.4) is 0 Å². The minimum atomic E-state index is -0.718. The zero-order chi connectivity index (χ0) is 23.9. The van der Waals surface area contributed by atoms with Gasteiger partial charge in [0.1, 0.15) is 6.10 Å². The fraction of sp³-hybridized carbons (Fsp3) is 0.542. The first-order valence-electron chi connectivity index (χ1n) is 11.2. The Labute approximate surface area is 194 Å². The van der Waals surface area contributed by atoms with E-state index in [1.54, 1.807) is 0 Å². The van der Waals surface area contributed by atoms with E-state index in [1.807, 2.05) is 42.5 Å². The summed E-state index contributed by atoms with van der Waals surface area (Å²) in [5.41, 5.74) is 0.748. The Morgan fingerprint density at radius 3 is 2.73 bits per heavy atom. The number of carbonyl (C=O) groups is 3. The number of ether oxygens (including phenoxy) is 3. The molecule has 0 bridgehead atoms. The van der Waals surface area contributed by atoms with Crippen molar-refractivity contribution in [3.05, 3.63) is 48.0 Å². The van der Waals surface area contributed by atoms with Crippen molar-refractivity contribution in [2.45, 2.75) is 37.8 Å². The molecule has 0 fully saturated rings. The van der Waals surface area contributed by atoms with Crippen LogP contribution in [-0.4, -0.2) is 69.0 Å². The Morgan fingerprint density at radius 1 is 1.21 bits per heavy atom. The minimum absolute atomic E-state index is 0.00562. The topological polar surface area (TPSA) is 123 Å². The first-order chi connectivity index (χ1) is 16.0. The molecule has 1 aromatic rings. The van der Waals surface area contributed by atoms with Crippen molar-refractivity contribution in [1.29, 1.82) is 0 Å². The van der Waals surface area contributed by atoms with Crippen molar-refractivity contribution >= 4 is 17.8 Å². The van der Waals surface area contributed by atoms with Gasteiger partial charge in [-0.3, -0.25) is 14.4 Å². The van der Waals surface area contributed by atoms with E-state index < -0.39 is 18.1 Å². The summed E-state index contributed by atoms with van der Waals surface area (Å²) < 4.78 is 16.2. The number of benzene rings is 1. The Kier molecular flexibility index (Phi) is 12.2. The van der Waals surface area contributed by atoms with Gasteiger partial charge in [0.05, 0.1) is 38.4 Å². The molecule has 0 saturated carbocycles. The molecule has 0 spiro atoms. The molecule has 1 heterocycles. The normalized spacial score (nSPS) is 21.9. The van der Waals surface area contributed by atoms with Crippen LogP contribution in [0.25, 0.3) is 0 Å². The predicted molar refractivity (Wildman–Crippen MR) is 121 cm³/mol. The summed E-state index contributed by atoms with van der Waals surface area (Å²) in [4.78, 5) is 37.9. The highest BCUT2D eigenvalue weighted by atomic mass is 16.5. The summed E-state index contributed by atoms with van der Waals surface area (Å²) >= 11 is 0. The van der Waals surface area contributed by atoms with Gasteiger partial charge in [0.25, 0.3) is 0 Å². The summed E-state index contributed by atoms with van der Waals surface area (Å²) in [7, 11) is 1.51. The summed E-state index contributed by atoms with van der Waals surface area (Å²) in [6.07, 6.45) is 4.00. The second-order valence-electron chi connectivity index (χ2n) is 7.72. The van der Waals surface area contributed by atoms with Gasteiger partial charge in [-0.05, 0) is 18.4 Å². The molecule has 3 unspecified atom stereocenters. The number of hydrogen-bond acceptors (Lipinski definition) is 7. The predicted octanol–water partition coefficient (Wildman–Crippen LogP) is 1.27. The molecule has 0 saturated heterocycles. The zero-order valence-electron chi connectivity index (χ0n) is 19.0. The first-order valence-corrected chi connectivity index (χ1v) is 11.2. The van der Waals surface area contributed by atoms with Gasteiger partial charge in [0.15, 0.2) is 0 Å². The number of esters is 1. The van der Waals surface area contributed by atoms with Crippen molar-refractivity contribution in [2.24, 2.45) is 5.92 Å². The van der Waals surface area contributed by atoms with Crippen molar-refractivity contribution in [3.8, 4) is 0 Å². The van der Waals surface area contributed by atoms with E-state index in [9.17, 15) is 14.4 Å². The lowest BCUT2D eigenvalue weighted by Gasteiger charge is -2.29. The number of allylic oxidation sites excluding steroid dienone is 2. The van der Waals surface area contributed by atoms with Crippen molar-refractivity contribution in [2.75, 3.05) is 40.1 Å². The molecule has 2 amide bonds. The van der Waals surface area contributed by atoms with Gasteiger partial charge >= 0.3 is 5.97 Å². The second-order valence-corrected chi connectivity index (χ2v) is 7.72. The standard InChI is InChI=1S/C24H34N2O7/c1-31-17-20-23(18-8-4-2-5-9-18)33-22(29)11-7-3-6-10-19(24(30)26-20)16-21(28)25-12-14-32-15-13-27/h2-6,8-9,19-20,23,27H,7,10-17H2,1H3,(H,25,28)(H,26,30). The molecular formula is C24H34N2O7. The molecule has 3 atom stereocenters. The molecule has 182 valence electrons. The van der Waals surface area contributed by atoms with Crippen LogP contribution in [0.4, 0.5) is 0 Å². The molecule has 0 radical (unpaired) electrons.